The van der Waals surface area contributed by atoms with E-state index >= 15 is 0 Å². The predicted octanol–water partition coefficient (Wildman–Crippen LogP) is 2.10. The lowest BCUT2D eigenvalue weighted by atomic mass is 9.91. The molecule has 1 aromatic rings. The average molecular weight is 192 g/mol. The molecule has 0 bridgehead atoms. The molecule has 0 atom stereocenters. The van der Waals surface area contributed by atoms with Gasteiger partial charge in [0, 0.05) is 11.0 Å². The van der Waals surface area contributed by atoms with Crippen molar-refractivity contribution in [3.63, 3.8) is 0 Å². The zero-order valence-electron chi connectivity index (χ0n) is 9.00. The molecular weight excluding hydrogens is 176 g/mol. The molecule has 0 aromatic carbocycles. The number of hydrogen-bond acceptors (Lipinski definition) is 3. The molecule has 0 amide bonds. The van der Waals surface area contributed by atoms with Gasteiger partial charge in [0.15, 0.2) is 0 Å². The first-order valence-corrected chi connectivity index (χ1v) is 5.07. The molecule has 1 aromatic heterocycles. The Labute approximate surface area is 84.5 Å². The van der Waals surface area contributed by atoms with Crippen molar-refractivity contribution in [1.29, 1.82) is 0 Å². The molecule has 0 saturated heterocycles. The molecule has 1 aliphatic rings. The fourth-order valence-electron chi connectivity index (χ4n) is 1.52. The zero-order valence-corrected chi connectivity index (χ0v) is 9.00. The summed E-state index contributed by atoms with van der Waals surface area (Å²) in [5, 5.41) is 8.30. The molecule has 0 unspecified atom stereocenters. The van der Waals surface area contributed by atoms with E-state index in [1.54, 1.807) is 0 Å². The van der Waals surface area contributed by atoms with Gasteiger partial charge in [-0.2, -0.15) is 5.10 Å². The molecular formula is C11H16N2O. The van der Waals surface area contributed by atoms with Crippen LogP contribution in [0.25, 0.3) is 0 Å². The van der Waals surface area contributed by atoms with Crippen molar-refractivity contribution in [1.82, 2.24) is 10.2 Å². The van der Waals surface area contributed by atoms with Gasteiger partial charge in [-0.25, -0.2) is 0 Å². The maximum absolute atomic E-state index is 5.42. The van der Waals surface area contributed by atoms with E-state index in [4.69, 9.17) is 4.74 Å². The quantitative estimate of drug-likeness (QED) is 0.631. The molecule has 0 radical (unpaired) electrons. The lowest BCUT2D eigenvalue weighted by Crippen LogP contribution is -2.18. The second-order valence-corrected chi connectivity index (χ2v) is 4.76. The first-order chi connectivity index (χ1) is 6.57. The van der Waals surface area contributed by atoms with Gasteiger partial charge in [-0.15, -0.1) is 5.10 Å². The topological polar surface area (TPSA) is 35.0 Å². The summed E-state index contributed by atoms with van der Waals surface area (Å²) < 4.78 is 5.42. The van der Waals surface area contributed by atoms with E-state index in [9.17, 15) is 0 Å². The van der Waals surface area contributed by atoms with Gasteiger partial charge in [-0.3, -0.25) is 0 Å². The number of rotatable bonds is 0. The van der Waals surface area contributed by atoms with Gasteiger partial charge in [0.05, 0.1) is 12.3 Å². The lowest BCUT2D eigenvalue weighted by Gasteiger charge is -2.20. The van der Waals surface area contributed by atoms with Crippen molar-refractivity contribution in [2.75, 3.05) is 6.61 Å². The van der Waals surface area contributed by atoms with Gasteiger partial charge in [0.1, 0.15) is 0 Å². The van der Waals surface area contributed by atoms with Crippen LogP contribution in [0.2, 0.25) is 0 Å². The van der Waals surface area contributed by atoms with Crippen LogP contribution < -0.4 is 4.74 Å². The Balaban J connectivity index is 2.39. The second kappa shape index (κ2) is 3.23. The molecule has 0 N–H and O–H groups in total. The molecule has 2 rings (SSSR count). The molecule has 0 saturated carbocycles. The summed E-state index contributed by atoms with van der Waals surface area (Å²) >= 11 is 0. The average Bonchev–Trinajstić information content (AvgIpc) is 2.16. The zero-order chi connectivity index (χ0) is 10.2. The van der Waals surface area contributed by atoms with Crippen molar-refractivity contribution in [3.05, 3.63) is 17.3 Å². The van der Waals surface area contributed by atoms with Crippen LogP contribution in [0, 0.1) is 0 Å². The highest BCUT2D eigenvalue weighted by Crippen LogP contribution is 2.26. The molecule has 3 heteroatoms. The van der Waals surface area contributed by atoms with E-state index in [1.807, 2.05) is 0 Å². The van der Waals surface area contributed by atoms with Crippen LogP contribution in [-0.2, 0) is 11.8 Å². The van der Waals surface area contributed by atoms with Gasteiger partial charge < -0.3 is 4.74 Å². The van der Waals surface area contributed by atoms with Crippen LogP contribution in [0.4, 0.5) is 0 Å². The number of aryl methyl sites for hydroxylation is 1. The molecule has 1 aliphatic heterocycles. The molecule has 3 nitrogen and oxygen atoms in total. The van der Waals surface area contributed by atoms with E-state index < -0.39 is 0 Å². The largest absolute Gasteiger partial charge is 0.476 e. The Morgan fingerprint density at radius 1 is 1.29 bits per heavy atom. The Kier molecular flexibility index (Phi) is 2.17. The Bertz CT molecular complexity index is 342. The maximum atomic E-state index is 5.42. The normalized spacial score (nSPS) is 15.9. The second-order valence-electron chi connectivity index (χ2n) is 4.76. The summed E-state index contributed by atoms with van der Waals surface area (Å²) in [7, 11) is 0. The third kappa shape index (κ3) is 1.72. The van der Waals surface area contributed by atoms with E-state index in [-0.39, 0.29) is 5.41 Å². The van der Waals surface area contributed by atoms with Crippen molar-refractivity contribution in [2.24, 2.45) is 0 Å². The minimum atomic E-state index is 0.0689. The maximum Gasteiger partial charge on any atom is 0.236 e. The fourth-order valence-corrected chi connectivity index (χ4v) is 1.52. The van der Waals surface area contributed by atoms with Gasteiger partial charge in [0.25, 0.3) is 0 Å². The third-order valence-electron chi connectivity index (χ3n) is 2.43. The van der Waals surface area contributed by atoms with Crippen LogP contribution in [0.5, 0.6) is 5.88 Å². The van der Waals surface area contributed by atoms with Crippen molar-refractivity contribution < 1.29 is 4.74 Å². The number of fused-ring (bicyclic) bond motifs is 1. The van der Waals surface area contributed by atoms with Gasteiger partial charge in [0.2, 0.25) is 5.88 Å². The summed E-state index contributed by atoms with van der Waals surface area (Å²) in [5.74, 6) is 0.726. The molecule has 76 valence electrons. The summed E-state index contributed by atoms with van der Waals surface area (Å²) in [5.41, 5.74) is 2.32. The number of aromatic nitrogens is 2. The molecule has 0 spiro atoms. The van der Waals surface area contributed by atoms with Crippen molar-refractivity contribution >= 4 is 0 Å². The Hall–Kier alpha value is -1.12. The van der Waals surface area contributed by atoms with Crippen LogP contribution in [0.3, 0.4) is 0 Å². The monoisotopic (exact) mass is 192 g/mol. The highest BCUT2D eigenvalue weighted by atomic mass is 16.5. The summed E-state index contributed by atoms with van der Waals surface area (Å²) in [6.07, 6.45) is 2.15. The third-order valence-corrected chi connectivity index (χ3v) is 2.43. The number of ether oxygens (including phenoxy) is 1. The molecule has 0 aliphatic carbocycles. The minimum absolute atomic E-state index is 0.0689. The first kappa shape index (κ1) is 9.44. The standard InChI is InChI=1S/C11H16N2O/c1-11(2,3)9-7-8-5-4-6-14-10(8)13-12-9/h7H,4-6H2,1-3H3. The van der Waals surface area contributed by atoms with E-state index in [2.05, 4.69) is 37.0 Å². The molecule has 14 heavy (non-hydrogen) atoms. The number of hydrogen-bond donors (Lipinski definition) is 0. The summed E-state index contributed by atoms with van der Waals surface area (Å²) in [4.78, 5) is 0. The Morgan fingerprint density at radius 2 is 2.07 bits per heavy atom. The van der Waals surface area contributed by atoms with Gasteiger partial charge in [-0.1, -0.05) is 20.8 Å². The van der Waals surface area contributed by atoms with E-state index in [0.717, 1.165) is 31.0 Å². The first-order valence-electron chi connectivity index (χ1n) is 5.07. The van der Waals surface area contributed by atoms with Crippen LogP contribution >= 0.6 is 0 Å². The number of nitrogens with zero attached hydrogens (tertiary/aromatic N) is 2. The fraction of sp³-hybridized carbons (Fsp3) is 0.636. The van der Waals surface area contributed by atoms with Crippen molar-refractivity contribution in [2.45, 2.75) is 39.0 Å². The minimum Gasteiger partial charge on any atom is -0.476 e. The predicted molar refractivity (Wildman–Crippen MR) is 54.5 cm³/mol. The van der Waals surface area contributed by atoms with Crippen LogP contribution in [0.15, 0.2) is 6.07 Å². The Morgan fingerprint density at radius 3 is 2.79 bits per heavy atom. The van der Waals surface area contributed by atoms with Gasteiger partial charge >= 0.3 is 0 Å². The van der Waals surface area contributed by atoms with Crippen molar-refractivity contribution in [3.8, 4) is 5.88 Å². The molecule has 0 fully saturated rings. The highest BCUT2D eigenvalue weighted by molar-refractivity contribution is 5.30. The summed E-state index contributed by atoms with van der Waals surface area (Å²) in [6.45, 7) is 7.21. The smallest absolute Gasteiger partial charge is 0.236 e. The van der Waals surface area contributed by atoms with Crippen LogP contribution in [0.1, 0.15) is 38.4 Å². The van der Waals surface area contributed by atoms with E-state index in [0.29, 0.717) is 0 Å². The lowest BCUT2D eigenvalue weighted by molar-refractivity contribution is 0.271. The van der Waals surface area contributed by atoms with E-state index in [1.165, 1.54) is 5.56 Å². The highest BCUT2D eigenvalue weighted by Gasteiger charge is 2.20. The van der Waals surface area contributed by atoms with Crippen LogP contribution in [-0.4, -0.2) is 16.8 Å². The SMILES string of the molecule is CC(C)(C)c1cc2c(nn1)OCCC2. The van der Waals surface area contributed by atoms with Gasteiger partial charge in [-0.05, 0) is 18.9 Å². The molecule has 2 heterocycles. The summed E-state index contributed by atoms with van der Waals surface area (Å²) in [6, 6.07) is 2.13.